The number of rotatable bonds is 1. The summed E-state index contributed by atoms with van der Waals surface area (Å²) < 4.78 is 0. The summed E-state index contributed by atoms with van der Waals surface area (Å²) in [6.45, 7) is 1.01. The van der Waals surface area contributed by atoms with Crippen LogP contribution in [0.1, 0.15) is 10.9 Å². The molecule has 0 fully saturated rings. The fraction of sp³-hybridized carbons (Fsp3) is 0.222. The van der Waals surface area contributed by atoms with Gasteiger partial charge in [0.15, 0.2) is 5.17 Å². The predicted octanol–water partition coefficient (Wildman–Crippen LogP) is 3.10. The Kier molecular flexibility index (Phi) is 2.85. The minimum Gasteiger partial charge on any atom is -0.325 e. The summed E-state index contributed by atoms with van der Waals surface area (Å²) >= 11 is 3.51. The van der Waals surface area contributed by atoms with Gasteiger partial charge in [-0.25, -0.2) is 0 Å². The van der Waals surface area contributed by atoms with Crippen LogP contribution in [0.4, 0.5) is 0 Å². The molecule has 0 radical (unpaired) electrons. The molecule has 1 unspecified atom stereocenters. The predicted molar refractivity (Wildman–Crippen MR) is 65.2 cm³/mol. The van der Waals surface area contributed by atoms with E-state index in [1.54, 1.807) is 23.1 Å². The highest BCUT2D eigenvalue weighted by atomic mass is 35.5. The van der Waals surface area contributed by atoms with Gasteiger partial charge in [0.25, 0.3) is 0 Å². The van der Waals surface area contributed by atoms with Crippen molar-refractivity contribution in [1.29, 1.82) is 0 Å². The summed E-state index contributed by atoms with van der Waals surface area (Å²) in [6, 6.07) is 4.62. The minimum absolute atomic E-state index is 0. The molecule has 74 valence electrons. The lowest BCUT2D eigenvalue weighted by molar-refractivity contribution is 0.562. The fourth-order valence-electron chi connectivity index (χ4n) is 1.53. The van der Waals surface area contributed by atoms with Crippen LogP contribution >= 0.6 is 35.5 Å². The Bertz CT molecular complexity index is 372. The Morgan fingerprint density at radius 2 is 2.43 bits per heavy atom. The van der Waals surface area contributed by atoms with Gasteiger partial charge in [-0.05, 0) is 16.9 Å². The maximum atomic E-state index is 4.65. The number of aliphatic imine (C=N–C) groups is 1. The molecule has 0 amide bonds. The molecular formula is C9H9ClN2S2. The van der Waals surface area contributed by atoms with E-state index < -0.39 is 0 Å². The first-order chi connectivity index (χ1) is 6.43. The van der Waals surface area contributed by atoms with E-state index in [0.717, 1.165) is 11.7 Å². The van der Waals surface area contributed by atoms with Crippen molar-refractivity contribution in [2.24, 2.45) is 4.99 Å². The molecule has 0 spiro atoms. The van der Waals surface area contributed by atoms with Crippen molar-refractivity contribution < 1.29 is 0 Å². The first-order valence-electron chi connectivity index (χ1n) is 4.15. The van der Waals surface area contributed by atoms with E-state index in [2.05, 4.69) is 39.0 Å². The number of thiophene rings is 1. The van der Waals surface area contributed by atoms with Crippen molar-refractivity contribution in [3.05, 3.63) is 34.0 Å². The summed E-state index contributed by atoms with van der Waals surface area (Å²) in [6.07, 6.45) is 2.11. The zero-order valence-corrected chi connectivity index (χ0v) is 9.74. The van der Waals surface area contributed by atoms with Crippen LogP contribution in [0.2, 0.25) is 0 Å². The zero-order chi connectivity index (χ0) is 8.67. The van der Waals surface area contributed by atoms with Gasteiger partial charge in [0.05, 0.1) is 6.54 Å². The quantitative estimate of drug-likeness (QED) is 0.755. The van der Waals surface area contributed by atoms with Crippen LogP contribution in [0.25, 0.3) is 0 Å². The molecule has 2 aliphatic rings. The molecule has 5 heteroatoms. The van der Waals surface area contributed by atoms with Crippen LogP contribution in [0.15, 0.2) is 34.1 Å². The lowest BCUT2D eigenvalue weighted by Gasteiger charge is -2.08. The maximum Gasteiger partial charge on any atom is 0.168 e. The second-order valence-corrected chi connectivity index (χ2v) is 4.85. The highest BCUT2D eigenvalue weighted by Crippen LogP contribution is 2.34. The average Bonchev–Trinajstić information content (AvgIpc) is 2.78. The highest BCUT2D eigenvalue weighted by molar-refractivity contribution is 8.16. The number of hydrogen-bond donors (Lipinski definition) is 0. The van der Waals surface area contributed by atoms with E-state index in [4.69, 9.17) is 0 Å². The van der Waals surface area contributed by atoms with Gasteiger partial charge in [0, 0.05) is 11.1 Å². The molecule has 2 nitrogen and oxygen atoms in total. The minimum atomic E-state index is 0. The lowest BCUT2D eigenvalue weighted by Crippen LogP contribution is -2.15. The molecule has 0 saturated heterocycles. The van der Waals surface area contributed by atoms with E-state index >= 15 is 0 Å². The molecule has 1 aromatic rings. The van der Waals surface area contributed by atoms with Gasteiger partial charge in [-0.1, -0.05) is 17.8 Å². The molecule has 0 N–H and O–H groups in total. The smallest absolute Gasteiger partial charge is 0.168 e. The normalized spacial score (nSPS) is 23.3. The third-order valence-corrected chi connectivity index (χ3v) is 3.95. The Morgan fingerprint density at radius 3 is 3.14 bits per heavy atom. The number of amidine groups is 1. The van der Waals surface area contributed by atoms with Crippen molar-refractivity contribution in [2.45, 2.75) is 6.04 Å². The molecular weight excluding hydrogens is 236 g/mol. The van der Waals surface area contributed by atoms with E-state index in [0.29, 0.717) is 6.04 Å². The van der Waals surface area contributed by atoms with E-state index in [9.17, 15) is 0 Å². The summed E-state index contributed by atoms with van der Waals surface area (Å²) in [7, 11) is 0. The number of hydrogen-bond acceptors (Lipinski definition) is 4. The monoisotopic (exact) mass is 244 g/mol. The fourth-order valence-corrected chi connectivity index (χ4v) is 3.08. The van der Waals surface area contributed by atoms with Crippen LogP contribution in [0.5, 0.6) is 0 Å². The second kappa shape index (κ2) is 3.96. The standard InChI is InChI=1S/C9H8N2S2.ClH/c1-2-8(12-4-1)7-6-11-3-5-13-9(11)10-7;/h1-5,7H,6H2;1H. The van der Waals surface area contributed by atoms with Gasteiger partial charge in [0.2, 0.25) is 0 Å². The average molecular weight is 245 g/mol. The van der Waals surface area contributed by atoms with Crippen molar-refractivity contribution in [2.75, 3.05) is 6.54 Å². The summed E-state index contributed by atoms with van der Waals surface area (Å²) in [5.41, 5.74) is 0. The largest absolute Gasteiger partial charge is 0.325 e. The van der Waals surface area contributed by atoms with E-state index in [1.807, 2.05) is 0 Å². The Labute approximate surface area is 97.1 Å². The van der Waals surface area contributed by atoms with Gasteiger partial charge in [-0.15, -0.1) is 23.7 Å². The third-order valence-electron chi connectivity index (χ3n) is 2.17. The first kappa shape index (κ1) is 10.1. The van der Waals surface area contributed by atoms with Crippen molar-refractivity contribution >= 4 is 40.7 Å². The molecule has 1 atom stereocenters. The zero-order valence-electron chi connectivity index (χ0n) is 7.29. The van der Waals surface area contributed by atoms with Crippen LogP contribution in [-0.2, 0) is 0 Å². The molecule has 0 aromatic carbocycles. The molecule has 0 bridgehead atoms. The number of thioether (sulfide) groups is 1. The molecule has 3 rings (SSSR count). The lowest BCUT2D eigenvalue weighted by atomic mass is 10.2. The molecule has 0 saturated carbocycles. The van der Waals surface area contributed by atoms with E-state index in [1.165, 1.54) is 4.88 Å². The second-order valence-electron chi connectivity index (χ2n) is 3.00. The van der Waals surface area contributed by atoms with Gasteiger partial charge < -0.3 is 4.90 Å². The van der Waals surface area contributed by atoms with Gasteiger partial charge in [-0.3, -0.25) is 4.99 Å². The Balaban J connectivity index is 0.000000750. The van der Waals surface area contributed by atoms with Crippen molar-refractivity contribution in [3.8, 4) is 0 Å². The maximum absolute atomic E-state index is 4.65. The van der Waals surface area contributed by atoms with Crippen LogP contribution in [-0.4, -0.2) is 16.6 Å². The molecule has 2 aliphatic heterocycles. The van der Waals surface area contributed by atoms with Crippen molar-refractivity contribution in [3.63, 3.8) is 0 Å². The SMILES string of the molecule is C1=CN2CC(c3cccs3)N=C2S1.Cl. The number of halogens is 1. The van der Waals surface area contributed by atoms with Crippen LogP contribution in [0.3, 0.4) is 0 Å². The van der Waals surface area contributed by atoms with Gasteiger partial charge in [-0.2, -0.15) is 0 Å². The molecule has 14 heavy (non-hydrogen) atoms. The Hall–Kier alpha value is -0.450. The topological polar surface area (TPSA) is 15.6 Å². The molecule has 3 heterocycles. The first-order valence-corrected chi connectivity index (χ1v) is 5.90. The number of fused-ring (bicyclic) bond motifs is 1. The Morgan fingerprint density at radius 1 is 1.50 bits per heavy atom. The number of nitrogens with zero attached hydrogens (tertiary/aromatic N) is 2. The summed E-state index contributed by atoms with van der Waals surface area (Å²) in [5, 5.41) is 5.35. The van der Waals surface area contributed by atoms with Crippen LogP contribution < -0.4 is 0 Å². The van der Waals surface area contributed by atoms with Crippen LogP contribution in [0, 0.1) is 0 Å². The van der Waals surface area contributed by atoms with E-state index in [-0.39, 0.29) is 12.4 Å². The van der Waals surface area contributed by atoms with Gasteiger partial charge in [0.1, 0.15) is 6.04 Å². The summed E-state index contributed by atoms with van der Waals surface area (Å²) in [5.74, 6) is 0. The third kappa shape index (κ3) is 1.58. The molecule has 0 aliphatic carbocycles. The van der Waals surface area contributed by atoms with Gasteiger partial charge >= 0.3 is 0 Å². The summed E-state index contributed by atoms with van der Waals surface area (Å²) in [4.78, 5) is 8.23. The van der Waals surface area contributed by atoms with Crippen molar-refractivity contribution in [1.82, 2.24) is 4.90 Å². The molecule has 1 aromatic heterocycles. The highest BCUT2D eigenvalue weighted by Gasteiger charge is 2.27.